The summed E-state index contributed by atoms with van der Waals surface area (Å²) in [7, 11) is 0. The Bertz CT molecular complexity index is 725. The fourth-order valence-electron chi connectivity index (χ4n) is 2.29. The summed E-state index contributed by atoms with van der Waals surface area (Å²) in [5.74, 6) is 0.321. The standard InChI is InChI=1S/C17H17NO6/c1-11(12-4-5-13-15(9-12)23-8-7-22-13)18-16(19)10-24-17(20)14-3-2-6-21-14/h2-6,9,11H,7-8,10H2,1H3,(H,18,19)/t11-/m1/s1. The van der Waals surface area contributed by atoms with Gasteiger partial charge in [0, 0.05) is 0 Å². The molecule has 1 amide bonds. The maximum atomic E-state index is 11.9. The molecular weight excluding hydrogens is 314 g/mol. The first-order valence-corrected chi connectivity index (χ1v) is 7.53. The van der Waals surface area contributed by atoms with Gasteiger partial charge in [0.25, 0.3) is 5.91 Å². The second-order valence-corrected chi connectivity index (χ2v) is 5.25. The van der Waals surface area contributed by atoms with E-state index in [4.69, 9.17) is 18.6 Å². The minimum atomic E-state index is -0.679. The van der Waals surface area contributed by atoms with Crippen LogP contribution in [0.3, 0.4) is 0 Å². The van der Waals surface area contributed by atoms with Gasteiger partial charge in [-0.3, -0.25) is 4.79 Å². The van der Waals surface area contributed by atoms with Crippen LogP contribution in [0, 0.1) is 0 Å². The van der Waals surface area contributed by atoms with Crippen LogP contribution >= 0.6 is 0 Å². The Morgan fingerprint density at radius 1 is 1.21 bits per heavy atom. The fraction of sp³-hybridized carbons (Fsp3) is 0.294. The Balaban J connectivity index is 1.53. The molecule has 1 N–H and O–H groups in total. The molecule has 0 unspecified atom stereocenters. The molecule has 7 heteroatoms. The zero-order valence-electron chi connectivity index (χ0n) is 13.1. The van der Waals surface area contributed by atoms with Gasteiger partial charge in [-0.15, -0.1) is 0 Å². The first-order valence-electron chi connectivity index (χ1n) is 7.53. The Kier molecular flexibility index (Phi) is 4.69. The molecule has 3 rings (SSSR count). The number of esters is 1. The Labute approximate surface area is 138 Å². The summed E-state index contributed by atoms with van der Waals surface area (Å²) in [5, 5.41) is 2.76. The quantitative estimate of drug-likeness (QED) is 0.844. The third kappa shape index (κ3) is 3.68. The molecule has 7 nitrogen and oxygen atoms in total. The normalized spacial score (nSPS) is 13.9. The second kappa shape index (κ2) is 7.08. The van der Waals surface area contributed by atoms with E-state index < -0.39 is 11.9 Å². The van der Waals surface area contributed by atoms with Gasteiger partial charge in [-0.05, 0) is 36.8 Å². The van der Waals surface area contributed by atoms with Gasteiger partial charge in [-0.25, -0.2) is 4.79 Å². The van der Waals surface area contributed by atoms with E-state index in [-0.39, 0.29) is 18.4 Å². The van der Waals surface area contributed by atoms with Gasteiger partial charge in [-0.2, -0.15) is 0 Å². The zero-order chi connectivity index (χ0) is 16.9. The number of fused-ring (bicyclic) bond motifs is 1. The number of hydrogen-bond acceptors (Lipinski definition) is 6. The monoisotopic (exact) mass is 331 g/mol. The van der Waals surface area contributed by atoms with Crippen molar-refractivity contribution in [1.82, 2.24) is 5.32 Å². The molecule has 0 aliphatic carbocycles. The Hall–Kier alpha value is -2.96. The van der Waals surface area contributed by atoms with E-state index in [0.717, 1.165) is 5.56 Å². The topological polar surface area (TPSA) is 87.0 Å². The van der Waals surface area contributed by atoms with Crippen LogP contribution in [0.5, 0.6) is 11.5 Å². The number of nitrogens with one attached hydrogen (secondary N) is 1. The molecule has 24 heavy (non-hydrogen) atoms. The molecule has 1 aromatic heterocycles. The highest BCUT2D eigenvalue weighted by Crippen LogP contribution is 2.32. The van der Waals surface area contributed by atoms with Gasteiger partial charge in [0.2, 0.25) is 5.76 Å². The van der Waals surface area contributed by atoms with E-state index >= 15 is 0 Å². The lowest BCUT2D eigenvalue weighted by Gasteiger charge is -2.21. The molecule has 1 aliphatic rings. The van der Waals surface area contributed by atoms with Crippen molar-refractivity contribution in [2.75, 3.05) is 19.8 Å². The molecule has 1 aliphatic heterocycles. The number of carbonyl (C=O) groups is 2. The summed E-state index contributed by atoms with van der Waals surface area (Å²) >= 11 is 0. The van der Waals surface area contributed by atoms with E-state index in [2.05, 4.69) is 5.32 Å². The Morgan fingerprint density at radius 2 is 2.00 bits per heavy atom. The smallest absolute Gasteiger partial charge is 0.374 e. The fourth-order valence-corrected chi connectivity index (χ4v) is 2.29. The van der Waals surface area contributed by atoms with Crippen LogP contribution in [-0.2, 0) is 9.53 Å². The largest absolute Gasteiger partial charge is 0.486 e. The molecule has 1 aromatic carbocycles. The summed E-state index contributed by atoms with van der Waals surface area (Å²) in [6.07, 6.45) is 1.36. The average molecular weight is 331 g/mol. The van der Waals surface area contributed by atoms with Crippen molar-refractivity contribution in [3.63, 3.8) is 0 Å². The molecule has 0 spiro atoms. The summed E-state index contributed by atoms with van der Waals surface area (Å²) in [6, 6.07) is 8.26. The third-order valence-electron chi connectivity index (χ3n) is 3.50. The van der Waals surface area contributed by atoms with Crippen molar-refractivity contribution in [2.24, 2.45) is 0 Å². The first-order chi connectivity index (χ1) is 11.6. The lowest BCUT2D eigenvalue weighted by atomic mass is 10.1. The van der Waals surface area contributed by atoms with Crippen LogP contribution in [0.25, 0.3) is 0 Å². The van der Waals surface area contributed by atoms with E-state index in [9.17, 15) is 9.59 Å². The number of carbonyl (C=O) groups excluding carboxylic acids is 2. The van der Waals surface area contributed by atoms with E-state index in [0.29, 0.717) is 24.7 Å². The van der Waals surface area contributed by atoms with Gasteiger partial charge in [0.05, 0.1) is 12.3 Å². The lowest BCUT2D eigenvalue weighted by molar-refractivity contribution is -0.124. The molecule has 126 valence electrons. The average Bonchev–Trinajstić information content (AvgIpc) is 3.14. The van der Waals surface area contributed by atoms with E-state index in [1.54, 1.807) is 6.07 Å². The number of hydrogen-bond donors (Lipinski definition) is 1. The molecular formula is C17H17NO6. The summed E-state index contributed by atoms with van der Waals surface area (Å²) in [4.78, 5) is 23.5. The molecule has 0 radical (unpaired) electrons. The predicted molar refractivity (Wildman–Crippen MR) is 83.0 cm³/mol. The van der Waals surface area contributed by atoms with Crippen molar-refractivity contribution in [3.8, 4) is 11.5 Å². The summed E-state index contributed by atoms with van der Waals surface area (Å²) < 4.78 is 20.8. The molecule has 0 fully saturated rings. The van der Waals surface area contributed by atoms with Gasteiger partial charge in [0.15, 0.2) is 18.1 Å². The number of benzene rings is 1. The van der Waals surface area contributed by atoms with Crippen molar-refractivity contribution >= 4 is 11.9 Å². The highest BCUT2D eigenvalue weighted by Gasteiger charge is 2.17. The van der Waals surface area contributed by atoms with Crippen molar-refractivity contribution in [2.45, 2.75) is 13.0 Å². The molecule has 2 heterocycles. The van der Waals surface area contributed by atoms with Gasteiger partial charge in [0.1, 0.15) is 13.2 Å². The SMILES string of the molecule is C[C@@H](NC(=O)COC(=O)c1ccco1)c1ccc2c(c1)OCCO2. The highest BCUT2D eigenvalue weighted by atomic mass is 16.6. The maximum absolute atomic E-state index is 11.9. The number of amides is 1. The van der Waals surface area contributed by atoms with Crippen LogP contribution in [-0.4, -0.2) is 31.7 Å². The molecule has 2 aromatic rings. The molecule has 0 bridgehead atoms. The van der Waals surface area contributed by atoms with Crippen LogP contribution in [0.1, 0.15) is 29.1 Å². The maximum Gasteiger partial charge on any atom is 0.374 e. The van der Waals surface area contributed by atoms with E-state index in [1.165, 1.54) is 12.3 Å². The first kappa shape index (κ1) is 15.9. The minimum Gasteiger partial charge on any atom is -0.486 e. The molecule has 0 saturated carbocycles. The minimum absolute atomic E-state index is 0.0580. The molecule has 0 saturated heterocycles. The van der Waals surface area contributed by atoms with Crippen LogP contribution in [0.2, 0.25) is 0 Å². The van der Waals surface area contributed by atoms with Crippen molar-refractivity contribution < 1.29 is 28.2 Å². The van der Waals surface area contributed by atoms with E-state index in [1.807, 2.05) is 25.1 Å². The van der Waals surface area contributed by atoms with Gasteiger partial charge < -0.3 is 23.9 Å². The van der Waals surface area contributed by atoms with Crippen LogP contribution in [0.4, 0.5) is 0 Å². The summed E-state index contributed by atoms with van der Waals surface area (Å²) in [5.41, 5.74) is 0.866. The van der Waals surface area contributed by atoms with Crippen molar-refractivity contribution in [1.29, 1.82) is 0 Å². The van der Waals surface area contributed by atoms with Crippen molar-refractivity contribution in [3.05, 3.63) is 47.9 Å². The molecule has 1 atom stereocenters. The predicted octanol–water partition coefficient (Wildman–Crippen LogP) is 2.08. The number of ether oxygens (including phenoxy) is 3. The number of rotatable bonds is 5. The van der Waals surface area contributed by atoms with Gasteiger partial charge >= 0.3 is 5.97 Å². The number of furan rings is 1. The van der Waals surface area contributed by atoms with Crippen LogP contribution in [0.15, 0.2) is 41.0 Å². The highest BCUT2D eigenvalue weighted by molar-refractivity contribution is 5.88. The van der Waals surface area contributed by atoms with Gasteiger partial charge in [-0.1, -0.05) is 6.07 Å². The zero-order valence-corrected chi connectivity index (χ0v) is 13.1. The second-order valence-electron chi connectivity index (χ2n) is 5.25. The third-order valence-corrected chi connectivity index (χ3v) is 3.50. The summed E-state index contributed by atoms with van der Waals surface area (Å²) in [6.45, 7) is 2.48. The lowest BCUT2D eigenvalue weighted by Crippen LogP contribution is -2.31. The van der Waals surface area contributed by atoms with Crippen LogP contribution < -0.4 is 14.8 Å². The Morgan fingerprint density at radius 3 is 2.75 bits per heavy atom.